The summed E-state index contributed by atoms with van der Waals surface area (Å²) in [6, 6.07) is 2.11. The van der Waals surface area contributed by atoms with E-state index in [2.05, 4.69) is 15.9 Å². The van der Waals surface area contributed by atoms with Gasteiger partial charge in [0.25, 0.3) is 5.91 Å². The van der Waals surface area contributed by atoms with E-state index in [1.807, 2.05) is 0 Å². The molecule has 1 unspecified atom stereocenters. The molecule has 1 atom stereocenters. The van der Waals surface area contributed by atoms with Gasteiger partial charge in [-0.25, -0.2) is 4.39 Å². The third-order valence-corrected chi connectivity index (χ3v) is 3.22. The van der Waals surface area contributed by atoms with Crippen LogP contribution in [0.25, 0.3) is 0 Å². The van der Waals surface area contributed by atoms with Gasteiger partial charge in [-0.3, -0.25) is 4.79 Å². The summed E-state index contributed by atoms with van der Waals surface area (Å²) in [5.41, 5.74) is 5.61. The number of aliphatic hydroxyl groups is 1. The van der Waals surface area contributed by atoms with E-state index in [0.717, 1.165) is 6.07 Å². The summed E-state index contributed by atoms with van der Waals surface area (Å²) in [4.78, 5) is 13.4. The van der Waals surface area contributed by atoms with Gasteiger partial charge in [0.1, 0.15) is 5.82 Å². The summed E-state index contributed by atoms with van der Waals surface area (Å²) < 4.78 is 13.5. The molecule has 94 valence electrons. The second-order valence-electron chi connectivity index (χ2n) is 3.80. The van der Waals surface area contributed by atoms with Gasteiger partial charge < -0.3 is 15.7 Å². The molecular formula is C11H14BrFN2O2. The van der Waals surface area contributed by atoms with Crippen LogP contribution in [0.2, 0.25) is 0 Å². The van der Waals surface area contributed by atoms with Gasteiger partial charge in [-0.1, -0.05) is 0 Å². The Balaban J connectivity index is 3.08. The normalized spacial score (nSPS) is 12.3. The average Bonchev–Trinajstić information content (AvgIpc) is 2.31. The molecule has 0 fully saturated rings. The van der Waals surface area contributed by atoms with Gasteiger partial charge in [0.15, 0.2) is 0 Å². The van der Waals surface area contributed by atoms with E-state index >= 15 is 0 Å². The molecule has 17 heavy (non-hydrogen) atoms. The predicted octanol–water partition coefficient (Wildman–Crippen LogP) is 1.62. The fourth-order valence-corrected chi connectivity index (χ4v) is 1.73. The Labute approximate surface area is 107 Å². The second kappa shape index (κ2) is 5.46. The molecule has 0 heterocycles. The Bertz CT molecular complexity index is 440. The van der Waals surface area contributed by atoms with Crippen LogP contribution >= 0.6 is 15.9 Å². The maximum atomic E-state index is 13.1. The first kappa shape index (κ1) is 13.9. The third-order valence-electron chi connectivity index (χ3n) is 2.56. The molecule has 1 rings (SSSR count). The summed E-state index contributed by atoms with van der Waals surface area (Å²) in [7, 11) is 1.56. The number of nitrogens with two attached hydrogens (primary N) is 1. The number of anilines is 1. The number of nitrogen functional groups attached to an aromatic ring is 1. The van der Waals surface area contributed by atoms with Crippen LogP contribution in [0.5, 0.6) is 0 Å². The predicted molar refractivity (Wildman–Crippen MR) is 67.2 cm³/mol. The fourth-order valence-electron chi connectivity index (χ4n) is 1.24. The van der Waals surface area contributed by atoms with Crippen molar-refractivity contribution in [3.05, 3.63) is 28.0 Å². The lowest BCUT2D eigenvalue weighted by atomic mass is 10.1. The monoisotopic (exact) mass is 304 g/mol. The third kappa shape index (κ3) is 2.95. The van der Waals surface area contributed by atoms with Gasteiger partial charge in [0, 0.05) is 11.5 Å². The number of carbonyl (C=O) groups is 1. The molecule has 0 aliphatic carbocycles. The summed E-state index contributed by atoms with van der Waals surface area (Å²) in [5, 5.41) is 8.98. The molecule has 0 saturated heterocycles. The van der Waals surface area contributed by atoms with Crippen molar-refractivity contribution in [2.75, 3.05) is 19.4 Å². The van der Waals surface area contributed by atoms with E-state index in [0.29, 0.717) is 4.47 Å². The molecule has 0 aliphatic rings. The zero-order chi connectivity index (χ0) is 13.2. The lowest BCUT2D eigenvalue weighted by Crippen LogP contribution is -2.37. The average molecular weight is 305 g/mol. The van der Waals surface area contributed by atoms with E-state index in [1.54, 1.807) is 14.0 Å². The minimum atomic E-state index is -0.578. The van der Waals surface area contributed by atoms with Crippen molar-refractivity contribution in [1.82, 2.24) is 4.90 Å². The Morgan fingerprint density at radius 1 is 1.65 bits per heavy atom. The minimum absolute atomic E-state index is 0.0819. The molecule has 0 saturated carbocycles. The van der Waals surface area contributed by atoms with E-state index in [1.165, 1.54) is 11.0 Å². The maximum Gasteiger partial charge on any atom is 0.255 e. The molecule has 0 radical (unpaired) electrons. The number of rotatable bonds is 3. The lowest BCUT2D eigenvalue weighted by molar-refractivity contribution is 0.0681. The van der Waals surface area contributed by atoms with Gasteiger partial charge in [-0.2, -0.15) is 0 Å². The maximum absolute atomic E-state index is 13.1. The quantitative estimate of drug-likeness (QED) is 0.834. The smallest absolute Gasteiger partial charge is 0.255 e. The Kier molecular flexibility index (Phi) is 4.47. The molecule has 1 aromatic carbocycles. The van der Waals surface area contributed by atoms with Crippen molar-refractivity contribution in [3.63, 3.8) is 0 Å². The van der Waals surface area contributed by atoms with Crippen LogP contribution in [0.15, 0.2) is 16.6 Å². The number of carbonyl (C=O) groups excluding carboxylic acids is 1. The van der Waals surface area contributed by atoms with Crippen LogP contribution in [0.1, 0.15) is 17.3 Å². The largest absolute Gasteiger partial charge is 0.396 e. The number of amides is 1. The molecule has 4 nitrogen and oxygen atoms in total. The molecule has 1 amide bonds. The summed E-state index contributed by atoms with van der Waals surface area (Å²) in [6.45, 7) is 1.56. The number of halogens is 2. The fraction of sp³-hybridized carbons (Fsp3) is 0.364. The lowest BCUT2D eigenvalue weighted by Gasteiger charge is -2.23. The molecule has 1 aromatic rings. The highest BCUT2D eigenvalue weighted by atomic mass is 79.9. The van der Waals surface area contributed by atoms with Crippen molar-refractivity contribution in [2.45, 2.75) is 13.0 Å². The summed E-state index contributed by atoms with van der Waals surface area (Å²) >= 11 is 3.12. The first-order valence-electron chi connectivity index (χ1n) is 5.01. The highest BCUT2D eigenvalue weighted by Gasteiger charge is 2.20. The molecule has 0 aliphatic heterocycles. The number of hydrogen-bond donors (Lipinski definition) is 2. The van der Waals surface area contributed by atoms with Gasteiger partial charge in [0.05, 0.1) is 23.9 Å². The Morgan fingerprint density at radius 2 is 2.24 bits per heavy atom. The summed E-state index contributed by atoms with van der Waals surface area (Å²) in [6.07, 6.45) is 0. The molecule has 3 N–H and O–H groups in total. The van der Waals surface area contributed by atoms with Crippen molar-refractivity contribution in [3.8, 4) is 0 Å². The molecule has 6 heteroatoms. The van der Waals surface area contributed by atoms with Crippen LogP contribution in [0.3, 0.4) is 0 Å². The molecule has 0 bridgehead atoms. The van der Waals surface area contributed by atoms with Crippen molar-refractivity contribution >= 4 is 27.5 Å². The van der Waals surface area contributed by atoms with Gasteiger partial charge in [-0.05, 0) is 35.0 Å². The number of hydrogen-bond acceptors (Lipinski definition) is 3. The topological polar surface area (TPSA) is 66.6 Å². The first-order chi connectivity index (χ1) is 7.88. The van der Waals surface area contributed by atoms with E-state index < -0.39 is 5.82 Å². The van der Waals surface area contributed by atoms with Gasteiger partial charge in [-0.15, -0.1) is 0 Å². The highest BCUT2D eigenvalue weighted by molar-refractivity contribution is 9.10. The van der Waals surface area contributed by atoms with E-state index in [4.69, 9.17) is 10.8 Å². The van der Waals surface area contributed by atoms with E-state index in [9.17, 15) is 9.18 Å². The molecular weight excluding hydrogens is 291 g/mol. The van der Waals surface area contributed by atoms with Crippen LogP contribution in [-0.4, -0.2) is 35.6 Å². The van der Waals surface area contributed by atoms with Gasteiger partial charge >= 0.3 is 0 Å². The van der Waals surface area contributed by atoms with Crippen molar-refractivity contribution in [2.24, 2.45) is 0 Å². The number of aliphatic hydroxyl groups excluding tert-OH is 1. The number of benzene rings is 1. The number of nitrogens with zero attached hydrogens (tertiary/aromatic N) is 1. The minimum Gasteiger partial charge on any atom is -0.396 e. The zero-order valence-electron chi connectivity index (χ0n) is 9.58. The van der Waals surface area contributed by atoms with Crippen LogP contribution in [0, 0.1) is 5.82 Å². The van der Waals surface area contributed by atoms with E-state index in [-0.39, 0.29) is 29.8 Å². The van der Waals surface area contributed by atoms with Crippen molar-refractivity contribution < 1.29 is 14.3 Å². The van der Waals surface area contributed by atoms with Crippen LogP contribution < -0.4 is 5.73 Å². The number of likely N-dealkylation sites (N-methyl/N-ethyl adjacent to an activating group) is 1. The molecule has 0 spiro atoms. The summed E-state index contributed by atoms with van der Waals surface area (Å²) in [5.74, 6) is -0.906. The zero-order valence-corrected chi connectivity index (χ0v) is 11.2. The Hall–Kier alpha value is -1.14. The highest BCUT2D eigenvalue weighted by Crippen LogP contribution is 2.24. The van der Waals surface area contributed by atoms with Crippen LogP contribution in [-0.2, 0) is 0 Å². The van der Waals surface area contributed by atoms with Crippen LogP contribution in [0.4, 0.5) is 10.1 Å². The second-order valence-corrected chi connectivity index (χ2v) is 4.66. The first-order valence-corrected chi connectivity index (χ1v) is 5.80. The molecule has 0 aromatic heterocycles. The Morgan fingerprint density at radius 3 is 2.76 bits per heavy atom. The SMILES string of the molecule is CC(CO)N(C)C(=O)c1cc(N)c(F)cc1Br. The standard InChI is InChI=1S/C11H14BrFN2O2/c1-6(5-16)15(2)11(17)7-3-10(14)9(13)4-8(7)12/h3-4,6,16H,5,14H2,1-2H3. The van der Waals surface area contributed by atoms with Gasteiger partial charge in [0.2, 0.25) is 0 Å². The van der Waals surface area contributed by atoms with Crippen molar-refractivity contribution in [1.29, 1.82) is 0 Å².